The number of aryl methyl sites for hydroxylation is 1. The molecule has 1 aromatic carbocycles. The highest BCUT2D eigenvalue weighted by Crippen LogP contribution is 2.35. The number of nitrogens with zero attached hydrogens (tertiary/aromatic N) is 1. The Hall–Kier alpha value is -2.30. The predicted octanol–water partition coefficient (Wildman–Crippen LogP) is 5.60. The maximum atomic E-state index is 15.1. The van der Waals surface area contributed by atoms with Crippen molar-refractivity contribution >= 4 is 5.97 Å². The summed E-state index contributed by atoms with van der Waals surface area (Å²) in [6.07, 6.45) is 1.79. The van der Waals surface area contributed by atoms with Crippen molar-refractivity contribution in [1.29, 1.82) is 0 Å². The Bertz CT molecular complexity index is 839. The van der Waals surface area contributed by atoms with Gasteiger partial charge in [0.25, 0.3) is 0 Å². The molecule has 1 aromatic heterocycles. The highest BCUT2D eigenvalue weighted by atomic mass is 19.1. The van der Waals surface area contributed by atoms with E-state index in [4.69, 9.17) is 4.74 Å². The Kier molecular flexibility index (Phi) is 6.34. The molecule has 3 nitrogen and oxygen atoms in total. The van der Waals surface area contributed by atoms with Gasteiger partial charge in [-0.15, -0.1) is 0 Å². The second-order valence-electron chi connectivity index (χ2n) is 7.93. The number of carbonyl (C=O) groups excluding carboxylic acids is 1. The Morgan fingerprint density at radius 1 is 1.22 bits per heavy atom. The number of aromatic nitrogens is 1. The van der Waals surface area contributed by atoms with Crippen molar-refractivity contribution in [3.05, 3.63) is 52.9 Å². The second-order valence-corrected chi connectivity index (χ2v) is 7.93. The van der Waals surface area contributed by atoms with Gasteiger partial charge >= 0.3 is 5.97 Å². The zero-order valence-corrected chi connectivity index (χ0v) is 16.8. The maximum absolute atomic E-state index is 15.1. The lowest BCUT2D eigenvalue weighted by molar-refractivity contribution is -0.153. The van der Waals surface area contributed by atoms with E-state index in [0.29, 0.717) is 34.2 Å². The van der Waals surface area contributed by atoms with E-state index in [0.717, 1.165) is 0 Å². The summed E-state index contributed by atoms with van der Waals surface area (Å²) in [6, 6.07) is 4.67. The van der Waals surface area contributed by atoms with Gasteiger partial charge in [-0.3, -0.25) is 4.79 Å². The third-order valence-electron chi connectivity index (χ3n) is 4.22. The lowest BCUT2D eigenvalue weighted by Crippen LogP contribution is -2.25. The average molecular weight is 375 g/mol. The lowest BCUT2D eigenvalue weighted by Gasteiger charge is -2.23. The SMILES string of the molecule is CCc1cc(-c2ccnc(F)c2)c(CC(=O)OC(C)(C)C)c(C(C)C)c1F. The number of pyridine rings is 1. The van der Waals surface area contributed by atoms with Crippen LogP contribution in [0, 0.1) is 11.8 Å². The molecule has 0 spiro atoms. The van der Waals surface area contributed by atoms with E-state index in [1.54, 1.807) is 32.9 Å². The van der Waals surface area contributed by atoms with Gasteiger partial charge in [0.15, 0.2) is 0 Å². The summed E-state index contributed by atoms with van der Waals surface area (Å²) in [4.78, 5) is 16.1. The van der Waals surface area contributed by atoms with Crippen LogP contribution in [0.5, 0.6) is 0 Å². The van der Waals surface area contributed by atoms with Crippen LogP contribution in [0.1, 0.15) is 64.2 Å². The molecule has 2 rings (SSSR count). The molecule has 27 heavy (non-hydrogen) atoms. The number of hydrogen-bond donors (Lipinski definition) is 0. The average Bonchev–Trinajstić information content (AvgIpc) is 2.53. The highest BCUT2D eigenvalue weighted by Gasteiger charge is 2.25. The molecule has 0 unspecified atom stereocenters. The van der Waals surface area contributed by atoms with Crippen LogP contribution in [0.3, 0.4) is 0 Å². The van der Waals surface area contributed by atoms with Crippen LogP contribution < -0.4 is 0 Å². The van der Waals surface area contributed by atoms with Crippen LogP contribution in [-0.2, 0) is 22.4 Å². The molecule has 0 bridgehead atoms. The van der Waals surface area contributed by atoms with E-state index < -0.39 is 17.5 Å². The molecule has 0 atom stereocenters. The Morgan fingerprint density at radius 3 is 2.41 bits per heavy atom. The van der Waals surface area contributed by atoms with Gasteiger partial charge in [0.1, 0.15) is 11.4 Å². The van der Waals surface area contributed by atoms with Gasteiger partial charge in [-0.1, -0.05) is 20.8 Å². The molecular formula is C22H27F2NO2. The van der Waals surface area contributed by atoms with Crippen LogP contribution in [0.2, 0.25) is 0 Å². The van der Waals surface area contributed by atoms with E-state index in [-0.39, 0.29) is 18.2 Å². The summed E-state index contributed by atoms with van der Waals surface area (Å²) in [5.74, 6) is -1.50. The first kappa shape index (κ1) is 21.0. The number of halogens is 2. The quantitative estimate of drug-likeness (QED) is 0.505. The van der Waals surface area contributed by atoms with Crippen molar-refractivity contribution in [2.24, 2.45) is 0 Å². The molecular weight excluding hydrogens is 348 g/mol. The summed E-state index contributed by atoms with van der Waals surface area (Å²) >= 11 is 0. The fourth-order valence-corrected chi connectivity index (χ4v) is 3.17. The molecule has 0 saturated heterocycles. The smallest absolute Gasteiger partial charge is 0.310 e. The second kappa shape index (κ2) is 8.15. The third-order valence-corrected chi connectivity index (χ3v) is 4.22. The Labute approximate surface area is 159 Å². The van der Waals surface area contributed by atoms with Crippen LogP contribution in [0.15, 0.2) is 24.4 Å². The first-order chi connectivity index (χ1) is 12.5. The van der Waals surface area contributed by atoms with Crippen molar-refractivity contribution in [1.82, 2.24) is 4.98 Å². The van der Waals surface area contributed by atoms with Gasteiger partial charge < -0.3 is 4.74 Å². The molecule has 0 fully saturated rings. The van der Waals surface area contributed by atoms with Crippen LogP contribution in [0.25, 0.3) is 11.1 Å². The van der Waals surface area contributed by atoms with Gasteiger partial charge in [0.05, 0.1) is 6.42 Å². The standard InChI is InChI=1S/C22H27F2NO2/c1-7-14-10-16(15-8-9-25-18(23)11-15)17(20(13(2)3)21(14)24)12-19(26)27-22(4,5)6/h8-11,13H,7,12H2,1-6H3. The molecule has 146 valence electrons. The summed E-state index contributed by atoms with van der Waals surface area (Å²) in [6.45, 7) is 11.0. The minimum Gasteiger partial charge on any atom is -0.460 e. The highest BCUT2D eigenvalue weighted by molar-refractivity contribution is 5.80. The minimum absolute atomic E-state index is 0.0784. The third kappa shape index (κ3) is 5.12. The summed E-state index contributed by atoms with van der Waals surface area (Å²) in [5, 5.41) is 0. The van der Waals surface area contributed by atoms with Gasteiger partial charge in [0, 0.05) is 12.3 Å². The molecule has 2 aromatic rings. The molecule has 0 saturated carbocycles. The topological polar surface area (TPSA) is 39.2 Å². The predicted molar refractivity (Wildman–Crippen MR) is 103 cm³/mol. The maximum Gasteiger partial charge on any atom is 0.310 e. The van der Waals surface area contributed by atoms with Crippen molar-refractivity contribution in [3.63, 3.8) is 0 Å². The van der Waals surface area contributed by atoms with E-state index in [2.05, 4.69) is 4.98 Å². The first-order valence-corrected chi connectivity index (χ1v) is 9.21. The molecule has 0 amide bonds. The fraction of sp³-hybridized carbons (Fsp3) is 0.455. The van der Waals surface area contributed by atoms with Crippen molar-refractivity contribution < 1.29 is 18.3 Å². The minimum atomic E-state index is -0.639. The summed E-state index contributed by atoms with van der Waals surface area (Å²) in [7, 11) is 0. The zero-order valence-electron chi connectivity index (χ0n) is 16.8. The van der Waals surface area contributed by atoms with Crippen molar-refractivity contribution in [3.8, 4) is 11.1 Å². The number of rotatable bonds is 5. The summed E-state index contributed by atoms with van der Waals surface area (Å²) in [5.41, 5.74) is 2.13. The van der Waals surface area contributed by atoms with Crippen LogP contribution in [0.4, 0.5) is 8.78 Å². The van der Waals surface area contributed by atoms with E-state index >= 15 is 4.39 Å². The number of esters is 1. The van der Waals surface area contributed by atoms with E-state index in [9.17, 15) is 9.18 Å². The normalized spacial score (nSPS) is 11.7. The first-order valence-electron chi connectivity index (χ1n) is 9.21. The number of ether oxygens (including phenoxy) is 1. The monoisotopic (exact) mass is 375 g/mol. The molecule has 0 N–H and O–H groups in total. The molecule has 0 aliphatic rings. The van der Waals surface area contributed by atoms with Crippen molar-refractivity contribution in [2.75, 3.05) is 0 Å². The summed E-state index contributed by atoms with van der Waals surface area (Å²) < 4.78 is 34.3. The zero-order chi connectivity index (χ0) is 20.4. The molecule has 1 heterocycles. The molecule has 0 radical (unpaired) electrons. The van der Waals surface area contributed by atoms with Gasteiger partial charge in [-0.05, 0) is 73.1 Å². The van der Waals surface area contributed by atoms with Crippen LogP contribution in [-0.4, -0.2) is 16.6 Å². The Morgan fingerprint density at radius 2 is 1.89 bits per heavy atom. The van der Waals surface area contributed by atoms with E-state index in [1.807, 2.05) is 20.8 Å². The van der Waals surface area contributed by atoms with Gasteiger partial charge in [-0.25, -0.2) is 9.37 Å². The molecule has 0 aliphatic carbocycles. The largest absolute Gasteiger partial charge is 0.460 e. The van der Waals surface area contributed by atoms with Gasteiger partial charge in [0.2, 0.25) is 5.95 Å². The lowest BCUT2D eigenvalue weighted by atomic mass is 9.85. The molecule has 5 heteroatoms. The van der Waals surface area contributed by atoms with Crippen molar-refractivity contribution in [2.45, 2.75) is 65.9 Å². The number of carbonyl (C=O) groups is 1. The van der Waals surface area contributed by atoms with Crippen LogP contribution >= 0.6 is 0 Å². The van der Waals surface area contributed by atoms with E-state index in [1.165, 1.54) is 12.3 Å². The number of hydrogen-bond acceptors (Lipinski definition) is 3. The van der Waals surface area contributed by atoms with Gasteiger partial charge in [-0.2, -0.15) is 4.39 Å². The fourth-order valence-electron chi connectivity index (χ4n) is 3.17. The Balaban J connectivity index is 2.69. The number of benzene rings is 1. The molecule has 0 aliphatic heterocycles.